The van der Waals surface area contributed by atoms with Gasteiger partial charge in [0, 0.05) is 10.6 Å². The fourth-order valence-corrected chi connectivity index (χ4v) is 1.74. The molecule has 0 aliphatic heterocycles. The summed E-state index contributed by atoms with van der Waals surface area (Å²) in [5.41, 5.74) is 1.81. The Morgan fingerprint density at radius 2 is 2.00 bits per heavy atom. The molecular weight excluding hydrogens is 240 g/mol. The van der Waals surface area contributed by atoms with Crippen LogP contribution in [0.15, 0.2) is 41.5 Å². The molecule has 1 aromatic carbocycles. The van der Waals surface area contributed by atoms with Crippen LogP contribution in [0.1, 0.15) is 0 Å². The first-order valence-electron chi connectivity index (χ1n) is 4.93. The number of benzene rings is 1. The molecule has 0 saturated carbocycles. The number of rotatable bonds is 1. The molecular formula is C11H7ClN4O. The number of hydrogen-bond donors (Lipinski definition) is 1. The third-order valence-corrected chi connectivity index (χ3v) is 2.69. The summed E-state index contributed by atoms with van der Waals surface area (Å²) in [5, 5.41) is 11.0. The van der Waals surface area contributed by atoms with Gasteiger partial charge in [-0.3, -0.25) is 4.79 Å². The number of nitrogens with one attached hydrogen (secondary N) is 1. The van der Waals surface area contributed by atoms with Crippen LogP contribution in [0.5, 0.6) is 0 Å². The van der Waals surface area contributed by atoms with Gasteiger partial charge < -0.3 is 0 Å². The number of aromatic amines is 1. The molecule has 0 bridgehead atoms. The summed E-state index contributed by atoms with van der Waals surface area (Å²) in [4.78, 5) is 11.5. The Bertz CT molecular complexity index is 729. The number of fused-ring (bicyclic) bond motifs is 1. The van der Waals surface area contributed by atoms with Gasteiger partial charge in [-0.15, -0.1) is 0 Å². The standard InChI is InChI=1S/C11H7ClN4O/c12-8-3-1-7(2-4-8)9-5-10-11(17)14-13-6-16(10)15-9/h1-6H,(H,14,17). The first kappa shape index (κ1) is 10.0. The van der Waals surface area contributed by atoms with Crippen LogP contribution < -0.4 is 5.56 Å². The average molecular weight is 247 g/mol. The number of hydrogen-bond acceptors (Lipinski definition) is 3. The number of halogens is 1. The van der Waals surface area contributed by atoms with Gasteiger partial charge in [-0.1, -0.05) is 23.7 Å². The molecule has 2 aromatic heterocycles. The topological polar surface area (TPSA) is 63.0 Å². The van der Waals surface area contributed by atoms with E-state index < -0.39 is 0 Å². The molecule has 3 rings (SSSR count). The second-order valence-corrected chi connectivity index (χ2v) is 3.99. The molecule has 3 aromatic rings. The first-order valence-corrected chi connectivity index (χ1v) is 5.31. The highest BCUT2D eigenvalue weighted by atomic mass is 35.5. The minimum absolute atomic E-state index is 0.264. The van der Waals surface area contributed by atoms with Crippen LogP contribution in [0.2, 0.25) is 5.02 Å². The first-order chi connectivity index (χ1) is 8.24. The minimum atomic E-state index is -0.264. The minimum Gasteiger partial charge on any atom is -0.266 e. The zero-order valence-electron chi connectivity index (χ0n) is 8.59. The van der Waals surface area contributed by atoms with Crippen LogP contribution in [-0.4, -0.2) is 19.8 Å². The number of H-pyrrole nitrogens is 1. The third-order valence-electron chi connectivity index (χ3n) is 2.44. The molecule has 2 heterocycles. The molecule has 17 heavy (non-hydrogen) atoms. The molecule has 1 N–H and O–H groups in total. The van der Waals surface area contributed by atoms with E-state index >= 15 is 0 Å². The van der Waals surface area contributed by atoms with Crippen molar-refractivity contribution in [2.24, 2.45) is 0 Å². The lowest BCUT2D eigenvalue weighted by molar-refractivity contribution is 0.848. The molecule has 0 atom stereocenters. The van der Waals surface area contributed by atoms with E-state index in [0.29, 0.717) is 16.2 Å². The van der Waals surface area contributed by atoms with Crippen molar-refractivity contribution in [3.8, 4) is 11.3 Å². The van der Waals surface area contributed by atoms with Crippen molar-refractivity contribution in [3.05, 3.63) is 52.0 Å². The molecule has 0 radical (unpaired) electrons. The predicted octanol–water partition coefficient (Wildman–Crippen LogP) is 1.74. The van der Waals surface area contributed by atoms with Crippen LogP contribution in [0.3, 0.4) is 0 Å². The molecule has 0 fully saturated rings. The van der Waals surface area contributed by atoms with Crippen LogP contribution in [0.25, 0.3) is 16.8 Å². The van der Waals surface area contributed by atoms with Gasteiger partial charge in [0.15, 0.2) is 0 Å². The van der Waals surface area contributed by atoms with Crippen molar-refractivity contribution >= 4 is 17.1 Å². The van der Waals surface area contributed by atoms with Crippen LogP contribution in [0.4, 0.5) is 0 Å². The Morgan fingerprint density at radius 3 is 2.71 bits per heavy atom. The zero-order valence-corrected chi connectivity index (χ0v) is 9.35. The second-order valence-electron chi connectivity index (χ2n) is 3.55. The van der Waals surface area contributed by atoms with E-state index in [9.17, 15) is 4.79 Å². The van der Waals surface area contributed by atoms with E-state index in [1.165, 1.54) is 10.8 Å². The molecule has 84 valence electrons. The Balaban J connectivity index is 2.21. The van der Waals surface area contributed by atoms with Crippen molar-refractivity contribution in [1.29, 1.82) is 0 Å². The van der Waals surface area contributed by atoms with Crippen molar-refractivity contribution in [3.63, 3.8) is 0 Å². The van der Waals surface area contributed by atoms with Crippen molar-refractivity contribution in [2.45, 2.75) is 0 Å². The highest BCUT2D eigenvalue weighted by molar-refractivity contribution is 6.30. The maximum absolute atomic E-state index is 11.5. The van der Waals surface area contributed by atoms with Gasteiger partial charge in [-0.05, 0) is 18.2 Å². The Labute approximate surface area is 101 Å². The molecule has 0 aliphatic carbocycles. The van der Waals surface area contributed by atoms with E-state index in [4.69, 9.17) is 11.6 Å². The summed E-state index contributed by atoms with van der Waals surface area (Å²) in [6.07, 6.45) is 1.45. The molecule has 0 aliphatic rings. The quantitative estimate of drug-likeness (QED) is 0.711. The average Bonchev–Trinajstić information content (AvgIpc) is 2.75. The molecule has 0 amide bonds. The maximum atomic E-state index is 11.5. The number of nitrogens with zero attached hydrogens (tertiary/aromatic N) is 3. The fraction of sp³-hybridized carbons (Fsp3) is 0. The van der Waals surface area contributed by atoms with Crippen LogP contribution in [-0.2, 0) is 0 Å². The highest BCUT2D eigenvalue weighted by Crippen LogP contribution is 2.20. The molecule has 0 spiro atoms. The van der Waals surface area contributed by atoms with Gasteiger partial charge >= 0.3 is 0 Å². The molecule has 5 nitrogen and oxygen atoms in total. The summed E-state index contributed by atoms with van der Waals surface area (Å²) < 4.78 is 1.45. The summed E-state index contributed by atoms with van der Waals surface area (Å²) >= 11 is 5.81. The second kappa shape index (κ2) is 3.71. The van der Waals surface area contributed by atoms with Gasteiger partial charge in [0.2, 0.25) is 0 Å². The zero-order chi connectivity index (χ0) is 11.8. The van der Waals surface area contributed by atoms with Gasteiger partial charge in [0.05, 0.1) is 5.69 Å². The largest absolute Gasteiger partial charge is 0.290 e. The van der Waals surface area contributed by atoms with Gasteiger partial charge in [0.1, 0.15) is 11.8 Å². The van der Waals surface area contributed by atoms with Crippen LogP contribution in [0, 0.1) is 0 Å². The SMILES string of the molecule is O=c1[nH]ncn2nc(-c3ccc(Cl)cc3)cc12. The van der Waals surface area contributed by atoms with Crippen molar-refractivity contribution in [2.75, 3.05) is 0 Å². The van der Waals surface area contributed by atoms with E-state index in [2.05, 4.69) is 15.3 Å². The van der Waals surface area contributed by atoms with E-state index in [0.717, 1.165) is 5.56 Å². The van der Waals surface area contributed by atoms with E-state index in [1.54, 1.807) is 18.2 Å². The van der Waals surface area contributed by atoms with Crippen molar-refractivity contribution in [1.82, 2.24) is 19.8 Å². The lowest BCUT2D eigenvalue weighted by atomic mass is 10.1. The van der Waals surface area contributed by atoms with Gasteiger partial charge in [-0.25, -0.2) is 9.61 Å². The predicted molar refractivity (Wildman–Crippen MR) is 64.1 cm³/mol. The monoisotopic (exact) mass is 246 g/mol. The number of aromatic nitrogens is 4. The Hall–Kier alpha value is -2.14. The Morgan fingerprint density at radius 1 is 1.24 bits per heavy atom. The highest BCUT2D eigenvalue weighted by Gasteiger charge is 2.06. The molecule has 0 saturated heterocycles. The maximum Gasteiger partial charge on any atom is 0.290 e. The van der Waals surface area contributed by atoms with Crippen molar-refractivity contribution < 1.29 is 0 Å². The fourth-order valence-electron chi connectivity index (χ4n) is 1.61. The van der Waals surface area contributed by atoms with E-state index in [1.807, 2.05) is 12.1 Å². The normalized spacial score (nSPS) is 10.9. The van der Waals surface area contributed by atoms with Gasteiger partial charge in [0.25, 0.3) is 5.56 Å². The van der Waals surface area contributed by atoms with Gasteiger partial charge in [-0.2, -0.15) is 10.2 Å². The Kier molecular flexibility index (Phi) is 2.19. The lowest BCUT2D eigenvalue weighted by Gasteiger charge is -1.95. The summed E-state index contributed by atoms with van der Waals surface area (Å²) in [5.74, 6) is 0. The van der Waals surface area contributed by atoms with E-state index in [-0.39, 0.29) is 5.56 Å². The summed E-state index contributed by atoms with van der Waals surface area (Å²) in [6.45, 7) is 0. The third kappa shape index (κ3) is 1.70. The molecule has 6 heteroatoms. The smallest absolute Gasteiger partial charge is 0.266 e. The summed E-state index contributed by atoms with van der Waals surface area (Å²) in [7, 11) is 0. The van der Waals surface area contributed by atoms with Crippen LogP contribution >= 0.6 is 11.6 Å². The molecule has 0 unspecified atom stereocenters. The summed E-state index contributed by atoms with van der Waals surface area (Å²) in [6, 6.07) is 8.98. The lowest BCUT2D eigenvalue weighted by Crippen LogP contribution is -2.10.